The van der Waals surface area contributed by atoms with Gasteiger partial charge < -0.3 is 20.4 Å². The van der Waals surface area contributed by atoms with Crippen molar-refractivity contribution in [1.29, 1.82) is 0 Å². The molecule has 0 aliphatic heterocycles. The quantitative estimate of drug-likeness (QED) is 0.521. The fourth-order valence-corrected chi connectivity index (χ4v) is 7.52. The van der Waals surface area contributed by atoms with E-state index in [0.717, 1.165) is 44.2 Å². The van der Waals surface area contributed by atoms with Crippen molar-refractivity contribution < 1.29 is 24.6 Å². The van der Waals surface area contributed by atoms with Crippen LogP contribution in [0.15, 0.2) is 16.8 Å². The Kier molecular flexibility index (Phi) is 6.64. The molecule has 0 unspecified atom stereocenters. The maximum absolute atomic E-state index is 12.1. The van der Waals surface area contributed by atoms with Gasteiger partial charge in [-0.15, -0.1) is 0 Å². The van der Waals surface area contributed by atoms with Gasteiger partial charge in [-0.05, 0) is 91.9 Å². The Bertz CT molecular complexity index is 852. The summed E-state index contributed by atoms with van der Waals surface area (Å²) in [4.78, 5) is 28.6. The molecule has 7 heteroatoms. The fraction of sp³-hybridized carbons (Fsp3) is 0.808. The largest absolute Gasteiger partial charge is 0.480 e. The number of aliphatic carboxylic acids is 1. The minimum atomic E-state index is -1.05. The lowest BCUT2D eigenvalue weighted by Crippen LogP contribution is -2.51. The monoisotopic (exact) mass is 460 g/mol. The molecule has 0 heterocycles. The zero-order valence-corrected chi connectivity index (χ0v) is 20.5. The van der Waals surface area contributed by atoms with Crippen molar-refractivity contribution in [1.82, 2.24) is 5.32 Å². The molecule has 33 heavy (non-hydrogen) atoms. The van der Waals surface area contributed by atoms with Crippen molar-refractivity contribution in [2.45, 2.75) is 91.2 Å². The van der Waals surface area contributed by atoms with Crippen LogP contribution in [0.1, 0.15) is 79.1 Å². The topological polar surface area (TPSA) is 108 Å². The third-order valence-corrected chi connectivity index (χ3v) is 9.55. The molecular formula is C26H40N2O5. The summed E-state index contributed by atoms with van der Waals surface area (Å²) in [6.45, 7) is 7.96. The number of hydrogen-bond donors (Lipinski definition) is 3. The summed E-state index contributed by atoms with van der Waals surface area (Å²) in [7, 11) is 0. The van der Waals surface area contributed by atoms with E-state index >= 15 is 0 Å². The lowest BCUT2D eigenvalue weighted by Gasteiger charge is -2.57. The number of aliphatic hydroxyl groups is 1. The van der Waals surface area contributed by atoms with Crippen LogP contribution in [0.25, 0.3) is 0 Å². The van der Waals surface area contributed by atoms with Crippen LogP contribution in [0, 0.1) is 34.5 Å². The Hall–Kier alpha value is -1.89. The van der Waals surface area contributed by atoms with Crippen molar-refractivity contribution in [2.24, 2.45) is 39.7 Å². The maximum atomic E-state index is 12.1. The molecule has 3 saturated carbocycles. The number of oxime groups is 1. The zero-order chi connectivity index (χ0) is 24.0. The van der Waals surface area contributed by atoms with Crippen molar-refractivity contribution in [3.8, 4) is 0 Å². The number of hydrogen-bond acceptors (Lipinski definition) is 5. The summed E-state index contributed by atoms with van der Waals surface area (Å²) in [5.41, 5.74) is 2.60. The van der Waals surface area contributed by atoms with Gasteiger partial charge in [0.15, 0.2) is 6.61 Å². The second-order valence-electron chi connectivity index (χ2n) is 11.6. The summed E-state index contributed by atoms with van der Waals surface area (Å²) < 4.78 is 0. The minimum absolute atomic E-state index is 0.101. The predicted octanol–water partition coefficient (Wildman–Crippen LogP) is 3.91. The standard InChI is InChI=1S/C26H40N2O5/c1-15(2)23(24(31)32)27-22(30)14-33-28-17-9-11-25(3)16(13-17)5-6-18-19-7-8-21(29)26(19,4)12-10-20(18)25/h13,15,18-21,23,29H,5-12,14H2,1-4H3,(H,27,30)(H,31,32)/b28-17+/t18-,19+,20+,21-,23+,25-,26-/m0/s1. The summed E-state index contributed by atoms with van der Waals surface area (Å²) in [6, 6.07) is -0.931. The van der Waals surface area contributed by atoms with Crippen molar-refractivity contribution in [3.05, 3.63) is 11.6 Å². The number of allylic oxidation sites excluding steroid dienone is 2. The van der Waals surface area contributed by atoms with Gasteiger partial charge in [0.25, 0.3) is 5.91 Å². The fourth-order valence-electron chi connectivity index (χ4n) is 7.52. The molecule has 184 valence electrons. The average molecular weight is 461 g/mol. The smallest absolute Gasteiger partial charge is 0.326 e. The molecule has 0 radical (unpaired) electrons. The number of fused-ring (bicyclic) bond motifs is 5. The number of rotatable bonds is 6. The van der Waals surface area contributed by atoms with Gasteiger partial charge in [0.2, 0.25) is 0 Å². The van der Waals surface area contributed by atoms with E-state index in [1.807, 2.05) is 0 Å². The van der Waals surface area contributed by atoms with E-state index in [4.69, 9.17) is 4.84 Å². The van der Waals surface area contributed by atoms with Gasteiger partial charge in [-0.2, -0.15) is 0 Å². The predicted molar refractivity (Wildman–Crippen MR) is 126 cm³/mol. The van der Waals surface area contributed by atoms with E-state index in [1.54, 1.807) is 13.8 Å². The van der Waals surface area contributed by atoms with Gasteiger partial charge in [-0.1, -0.05) is 38.4 Å². The molecule has 4 aliphatic rings. The highest BCUT2D eigenvalue weighted by Crippen LogP contribution is 2.65. The van der Waals surface area contributed by atoms with Gasteiger partial charge in [0.05, 0.1) is 11.8 Å². The van der Waals surface area contributed by atoms with Crippen molar-refractivity contribution in [2.75, 3.05) is 6.61 Å². The summed E-state index contributed by atoms with van der Waals surface area (Å²) in [6.07, 6.45) is 10.6. The highest BCUT2D eigenvalue weighted by molar-refractivity contribution is 5.96. The Morgan fingerprint density at radius 2 is 1.91 bits per heavy atom. The molecule has 0 aromatic carbocycles. The molecular weight excluding hydrogens is 420 g/mol. The number of carboxylic acid groups (broad SMARTS) is 1. The molecule has 0 aromatic heterocycles. The first-order valence-corrected chi connectivity index (χ1v) is 12.7. The third kappa shape index (κ3) is 4.33. The first kappa shape index (κ1) is 24.2. The number of amides is 1. The lowest BCUT2D eigenvalue weighted by molar-refractivity contribution is -0.143. The molecule has 4 rings (SSSR count). The zero-order valence-electron chi connectivity index (χ0n) is 20.5. The first-order chi connectivity index (χ1) is 15.6. The summed E-state index contributed by atoms with van der Waals surface area (Å²) in [5.74, 6) is 0.272. The molecule has 1 amide bonds. The Morgan fingerprint density at radius 3 is 2.61 bits per heavy atom. The molecule has 4 aliphatic carbocycles. The van der Waals surface area contributed by atoms with E-state index in [0.29, 0.717) is 17.8 Å². The van der Waals surface area contributed by atoms with Crippen molar-refractivity contribution >= 4 is 17.6 Å². The molecule has 3 fully saturated rings. The molecule has 0 saturated heterocycles. The number of nitrogens with one attached hydrogen (secondary N) is 1. The van der Waals surface area contributed by atoms with Gasteiger partial charge in [-0.3, -0.25) is 4.79 Å². The van der Waals surface area contributed by atoms with Gasteiger partial charge in [-0.25, -0.2) is 4.79 Å². The van der Waals surface area contributed by atoms with E-state index < -0.39 is 17.9 Å². The van der Waals surface area contributed by atoms with E-state index in [9.17, 15) is 19.8 Å². The van der Waals surface area contributed by atoms with Gasteiger partial charge >= 0.3 is 5.97 Å². The molecule has 7 atom stereocenters. The number of aliphatic hydroxyl groups excluding tert-OH is 1. The van der Waals surface area contributed by atoms with Crippen LogP contribution in [-0.2, 0) is 14.4 Å². The van der Waals surface area contributed by atoms with Crippen molar-refractivity contribution in [3.63, 3.8) is 0 Å². The minimum Gasteiger partial charge on any atom is -0.480 e. The number of carboxylic acids is 1. The van der Waals surface area contributed by atoms with Crippen LogP contribution < -0.4 is 5.32 Å². The van der Waals surface area contributed by atoms with Crippen LogP contribution >= 0.6 is 0 Å². The number of carbonyl (C=O) groups is 2. The Morgan fingerprint density at radius 1 is 1.15 bits per heavy atom. The maximum Gasteiger partial charge on any atom is 0.326 e. The summed E-state index contributed by atoms with van der Waals surface area (Å²) >= 11 is 0. The van der Waals surface area contributed by atoms with Crippen LogP contribution in [-0.4, -0.2) is 46.6 Å². The molecule has 0 spiro atoms. The average Bonchev–Trinajstić information content (AvgIpc) is 3.06. The molecule has 3 N–H and O–H groups in total. The second-order valence-corrected chi connectivity index (χ2v) is 11.6. The highest BCUT2D eigenvalue weighted by atomic mass is 16.6. The molecule has 0 bridgehead atoms. The van der Waals surface area contributed by atoms with Crippen LogP contribution in [0.3, 0.4) is 0 Å². The lowest BCUT2D eigenvalue weighted by atomic mass is 9.47. The van der Waals surface area contributed by atoms with Gasteiger partial charge in [0, 0.05) is 0 Å². The van der Waals surface area contributed by atoms with Gasteiger partial charge in [0.1, 0.15) is 6.04 Å². The second kappa shape index (κ2) is 9.05. The highest BCUT2D eigenvalue weighted by Gasteiger charge is 2.58. The third-order valence-electron chi connectivity index (χ3n) is 9.55. The normalized spacial score (nSPS) is 39.8. The van der Waals surface area contributed by atoms with E-state index in [1.165, 1.54) is 18.4 Å². The first-order valence-electron chi connectivity index (χ1n) is 12.7. The molecule has 0 aromatic rings. The van der Waals surface area contributed by atoms with E-state index in [-0.39, 0.29) is 29.5 Å². The number of carbonyl (C=O) groups excluding carboxylic acids is 1. The van der Waals surface area contributed by atoms with Crippen LogP contribution in [0.5, 0.6) is 0 Å². The molecule has 7 nitrogen and oxygen atoms in total. The van der Waals surface area contributed by atoms with Crippen LogP contribution in [0.4, 0.5) is 0 Å². The van der Waals surface area contributed by atoms with Crippen LogP contribution in [0.2, 0.25) is 0 Å². The van der Waals surface area contributed by atoms with E-state index in [2.05, 4.69) is 30.4 Å². The number of nitrogens with zero attached hydrogens (tertiary/aromatic N) is 1. The summed E-state index contributed by atoms with van der Waals surface area (Å²) in [5, 5.41) is 26.6. The Balaban J connectivity index is 1.39. The SMILES string of the molecule is CC(C)[C@@H](NC(=O)CO/N=C1/C=C2CC[C@H]3[C@H]4CC[C@H](O)[C@@]4(C)CC[C@H]3[C@@]2(C)CC1)C(=O)O. The Labute approximate surface area is 197 Å².